The van der Waals surface area contributed by atoms with Crippen LogP contribution in [0.1, 0.15) is 11.1 Å². The fourth-order valence-corrected chi connectivity index (χ4v) is 3.02. The smallest absolute Gasteiger partial charge is 0.255 e. The quantitative estimate of drug-likeness (QED) is 0.765. The maximum absolute atomic E-state index is 12.3. The molecule has 2 N–H and O–H groups in total. The van der Waals surface area contributed by atoms with Crippen molar-refractivity contribution in [3.05, 3.63) is 54.6 Å². The Morgan fingerprint density at radius 3 is 2.50 bits per heavy atom. The summed E-state index contributed by atoms with van der Waals surface area (Å²) >= 11 is 1.26. The third kappa shape index (κ3) is 3.41. The highest BCUT2D eigenvalue weighted by Gasteiger charge is 2.31. The van der Waals surface area contributed by atoms with Gasteiger partial charge in [-0.15, -0.1) is 24.5 Å². The molecule has 1 amide bonds. The number of carbonyl (C=O) groups excluding carboxylic acids is 1. The van der Waals surface area contributed by atoms with Crippen molar-refractivity contribution in [3.63, 3.8) is 0 Å². The van der Waals surface area contributed by atoms with Crippen LogP contribution in [-0.2, 0) is 4.79 Å². The van der Waals surface area contributed by atoms with Crippen LogP contribution in [0.15, 0.2) is 49.6 Å². The Morgan fingerprint density at radius 2 is 1.91 bits per heavy atom. The summed E-state index contributed by atoms with van der Waals surface area (Å²) in [5.74, 6) is -0.577. The Balaban J connectivity index is 2.19. The number of hydrogen-bond acceptors (Lipinski definition) is 5. The summed E-state index contributed by atoms with van der Waals surface area (Å²) in [5.41, 5.74) is 0.732. The number of carbonyl (C=O) groups is 1. The van der Waals surface area contributed by atoms with E-state index >= 15 is 0 Å². The number of aromatic nitrogens is 1. The minimum Gasteiger partial charge on any atom is -0.383 e. The normalized spacial score (nSPS) is 13.5. The van der Waals surface area contributed by atoms with Gasteiger partial charge in [-0.05, 0) is 12.1 Å². The number of nitrogens with zero attached hydrogens (tertiary/aromatic N) is 2. The molecular weight excluding hydrogens is 300 g/mol. The summed E-state index contributed by atoms with van der Waals surface area (Å²) in [7, 11) is 0. The summed E-state index contributed by atoms with van der Waals surface area (Å²) in [6.07, 6.45) is 0.179. The zero-order chi connectivity index (χ0) is 16.1. The lowest BCUT2D eigenvalue weighted by Crippen LogP contribution is -2.42. The number of aliphatic hydroxyl groups excluding tert-OH is 2. The molecule has 0 bridgehead atoms. The summed E-state index contributed by atoms with van der Waals surface area (Å²) in [6.45, 7) is 7.69. The Morgan fingerprint density at radius 1 is 1.27 bits per heavy atom. The monoisotopic (exact) mass is 318 g/mol. The average molecular weight is 318 g/mol. The molecule has 2 atom stereocenters. The molecule has 2 rings (SSSR count). The highest BCUT2D eigenvalue weighted by Crippen LogP contribution is 2.28. The van der Waals surface area contributed by atoms with Gasteiger partial charge in [-0.3, -0.25) is 4.79 Å². The second-order valence-electron chi connectivity index (χ2n) is 4.73. The number of fused-ring (bicyclic) bond motifs is 1. The van der Waals surface area contributed by atoms with Crippen LogP contribution in [0.5, 0.6) is 0 Å². The third-order valence-electron chi connectivity index (χ3n) is 3.13. The number of thiazole rings is 1. The van der Waals surface area contributed by atoms with Crippen molar-refractivity contribution in [3.8, 4) is 0 Å². The molecule has 0 aliphatic carbocycles. The first-order valence-corrected chi connectivity index (χ1v) is 7.62. The van der Waals surface area contributed by atoms with Crippen LogP contribution in [0.2, 0.25) is 0 Å². The molecule has 5 nitrogen and oxygen atoms in total. The fraction of sp³-hybridized carbons (Fsp3) is 0.250. The van der Waals surface area contributed by atoms with Gasteiger partial charge in [0.25, 0.3) is 5.91 Å². The fourth-order valence-electron chi connectivity index (χ4n) is 2.04. The van der Waals surface area contributed by atoms with E-state index in [1.807, 2.05) is 24.3 Å². The van der Waals surface area contributed by atoms with Gasteiger partial charge in [-0.2, -0.15) is 0 Å². The van der Waals surface area contributed by atoms with Gasteiger partial charge in [-0.25, -0.2) is 4.98 Å². The molecule has 0 spiro atoms. The van der Waals surface area contributed by atoms with Crippen LogP contribution in [0, 0.1) is 0 Å². The minimum absolute atomic E-state index is 0.272. The second-order valence-corrected chi connectivity index (χ2v) is 5.79. The Labute approximate surface area is 132 Å². The van der Waals surface area contributed by atoms with Crippen molar-refractivity contribution in [2.75, 3.05) is 13.1 Å². The summed E-state index contributed by atoms with van der Waals surface area (Å²) in [5, 5.41) is 20.7. The number of aliphatic hydroxyl groups is 2. The number of benzene rings is 1. The number of rotatable bonds is 7. The van der Waals surface area contributed by atoms with Crippen LogP contribution in [0.4, 0.5) is 0 Å². The Bertz CT molecular complexity index is 640. The Hall–Kier alpha value is -2.02. The van der Waals surface area contributed by atoms with E-state index in [9.17, 15) is 15.0 Å². The molecule has 1 aromatic carbocycles. The predicted octanol–water partition coefficient (Wildman–Crippen LogP) is 1.89. The minimum atomic E-state index is -1.57. The zero-order valence-corrected chi connectivity index (χ0v) is 12.9. The van der Waals surface area contributed by atoms with Crippen LogP contribution in [0.25, 0.3) is 10.2 Å². The molecule has 116 valence electrons. The molecule has 0 aliphatic rings. The van der Waals surface area contributed by atoms with Gasteiger partial charge >= 0.3 is 0 Å². The molecule has 1 heterocycles. The molecular formula is C16H18N2O3S. The lowest BCUT2D eigenvalue weighted by Gasteiger charge is -2.24. The first-order valence-electron chi connectivity index (χ1n) is 6.80. The van der Waals surface area contributed by atoms with Gasteiger partial charge in [-0.1, -0.05) is 24.3 Å². The van der Waals surface area contributed by atoms with Crippen molar-refractivity contribution in [2.24, 2.45) is 0 Å². The van der Waals surface area contributed by atoms with Crippen LogP contribution in [-0.4, -0.2) is 45.2 Å². The van der Waals surface area contributed by atoms with E-state index in [0.717, 1.165) is 10.2 Å². The molecule has 2 unspecified atom stereocenters. The number of hydrogen-bond donors (Lipinski definition) is 2. The average Bonchev–Trinajstić information content (AvgIpc) is 2.96. The molecule has 0 fully saturated rings. The molecule has 22 heavy (non-hydrogen) atoms. The van der Waals surface area contributed by atoms with Gasteiger partial charge in [0, 0.05) is 13.1 Å². The first-order chi connectivity index (χ1) is 10.6. The lowest BCUT2D eigenvalue weighted by molar-refractivity contribution is -0.145. The van der Waals surface area contributed by atoms with Crippen molar-refractivity contribution in [2.45, 2.75) is 12.2 Å². The highest BCUT2D eigenvalue weighted by atomic mass is 32.1. The van der Waals surface area contributed by atoms with Crippen molar-refractivity contribution in [1.29, 1.82) is 0 Å². The zero-order valence-electron chi connectivity index (χ0n) is 12.1. The first kappa shape index (κ1) is 16.4. The van der Waals surface area contributed by atoms with Gasteiger partial charge in [0.1, 0.15) is 11.1 Å². The molecule has 0 saturated heterocycles. The molecule has 0 saturated carbocycles. The van der Waals surface area contributed by atoms with Gasteiger partial charge in [0.2, 0.25) is 0 Å². The second kappa shape index (κ2) is 7.31. The van der Waals surface area contributed by atoms with E-state index in [1.165, 1.54) is 16.2 Å². The standard InChI is InChI=1S/C16H18N2O3S/c1-3-9-18(10-4-2)16(21)14(20)13(19)15-17-11-7-5-6-8-12(11)22-15/h3-8,13-14,19-20H,1-2,9-10H2. The SMILES string of the molecule is C=CCN(CC=C)C(=O)C(O)C(O)c1nc2ccccc2s1. The molecule has 1 aromatic heterocycles. The van der Waals surface area contributed by atoms with Crippen molar-refractivity contribution >= 4 is 27.5 Å². The van der Waals surface area contributed by atoms with E-state index in [2.05, 4.69) is 18.1 Å². The maximum Gasteiger partial charge on any atom is 0.255 e. The van der Waals surface area contributed by atoms with E-state index in [1.54, 1.807) is 12.2 Å². The van der Waals surface area contributed by atoms with Crippen molar-refractivity contribution in [1.82, 2.24) is 9.88 Å². The third-order valence-corrected chi connectivity index (χ3v) is 4.23. The van der Waals surface area contributed by atoms with E-state index < -0.39 is 18.1 Å². The van der Waals surface area contributed by atoms with Gasteiger partial charge in [0.05, 0.1) is 10.2 Å². The lowest BCUT2D eigenvalue weighted by atomic mass is 10.2. The number of amides is 1. The topological polar surface area (TPSA) is 73.7 Å². The van der Waals surface area contributed by atoms with Crippen LogP contribution in [0.3, 0.4) is 0 Å². The number of para-hydroxylation sites is 1. The highest BCUT2D eigenvalue weighted by molar-refractivity contribution is 7.18. The van der Waals surface area contributed by atoms with E-state index in [0.29, 0.717) is 5.01 Å². The van der Waals surface area contributed by atoms with Crippen LogP contribution >= 0.6 is 11.3 Å². The van der Waals surface area contributed by atoms with E-state index in [4.69, 9.17) is 0 Å². The van der Waals surface area contributed by atoms with Gasteiger partial charge in [0.15, 0.2) is 6.10 Å². The molecule has 0 aliphatic heterocycles. The van der Waals surface area contributed by atoms with Gasteiger partial charge < -0.3 is 15.1 Å². The maximum atomic E-state index is 12.3. The van der Waals surface area contributed by atoms with Crippen LogP contribution < -0.4 is 0 Å². The summed E-state index contributed by atoms with van der Waals surface area (Å²) in [6, 6.07) is 7.40. The largest absolute Gasteiger partial charge is 0.383 e. The summed E-state index contributed by atoms with van der Waals surface area (Å²) in [4.78, 5) is 17.9. The Kier molecular flexibility index (Phi) is 5.43. The summed E-state index contributed by atoms with van der Waals surface area (Å²) < 4.78 is 0.894. The molecule has 6 heteroatoms. The predicted molar refractivity (Wildman–Crippen MR) is 87.6 cm³/mol. The van der Waals surface area contributed by atoms with Crippen molar-refractivity contribution < 1.29 is 15.0 Å². The molecule has 0 radical (unpaired) electrons. The van der Waals surface area contributed by atoms with E-state index in [-0.39, 0.29) is 13.1 Å². The molecule has 2 aromatic rings.